The molecule has 0 unspecified atom stereocenters. The van der Waals surface area contributed by atoms with Gasteiger partial charge in [0.25, 0.3) is 14.2 Å². The Morgan fingerprint density at radius 1 is 1.33 bits per heavy atom. The molecule has 1 heterocycles. The normalized spacial score (nSPS) is 11.8. The zero-order chi connectivity index (χ0) is 15.6. The molecular formula is C11H10Br2ClN3O3S. The molecule has 0 amide bonds. The van der Waals surface area contributed by atoms with Crippen molar-refractivity contribution in [1.82, 2.24) is 14.8 Å². The van der Waals surface area contributed by atoms with E-state index in [0.717, 1.165) is 8.95 Å². The third-order valence-electron chi connectivity index (χ3n) is 2.62. The molecule has 0 atom stereocenters. The first kappa shape index (κ1) is 16.9. The highest BCUT2D eigenvalue weighted by Gasteiger charge is 2.24. The zero-order valence-corrected chi connectivity index (χ0v) is 15.5. The maximum atomic E-state index is 11.6. The molecule has 21 heavy (non-hydrogen) atoms. The van der Waals surface area contributed by atoms with Gasteiger partial charge in [-0.25, -0.2) is 8.42 Å². The van der Waals surface area contributed by atoms with Crippen molar-refractivity contribution >= 4 is 51.6 Å². The molecule has 0 saturated heterocycles. The van der Waals surface area contributed by atoms with Crippen LogP contribution in [0.25, 0.3) is 11.4 Å². The smallest absolute Gasteiger partial charge is 0.296 e. The summed E-state index contributed by atoms with van der Waals surface area (Å²) in [6.45, 7) is 0.565. The summed E-state index contributed by atoms with van der Waals surface area (Å²) in [5.41, 5.74) is 0.694. The number of hydrogen-bond acceptors (Lipinski definition) is 5. The second-order valence-corrected chi connectivity index (χ2v) is 8.24. The Kier molecular flexibility index (Phi) is 5.42. The highest BCUT2D eigenvalue weighted by molar-refractivity contribution is 9.11. The van der Waals surface area contributed by atoms with Crippen LogP contribution in [0.3, 0.4) is 0 Å². The Hall–Kier alpha value is -0.480. The van der Waals surface area contributed by atoms with Gasteiger partial charge >= 0.3 is 0 Å². The summed E-state index contributed by atoms with van der Waals surface area (Å²) in [5.74, 6) is 0.388. The summed E-state index contributed by atoms with van der Waals surface area (Å²) in [5, 5.41) is 7.34. The topological polar surface area (TPSA) is 74.1 Å². The molecule has 10 heteroatoms. The zero-order valence-electron chi connectivity index (χ0n) is 10.8. The van der Waals surface area contributed by atoms with Crippen molar-refractivity contribution in [3.63, 3.8) is 0 Å². The third kappa shape index (κ3) is 3.84. The predicted octanol–water partition coefficient (Wildman–Crippen LogP) is 3.04. The Balaban J connectivity index is 2.63. The molecule has 0 saturated carbocycles. The highest BCUT2D eigenvalue weighted by atomic mass is 79.9. The number of hydrogen-bond donors (Lipinski definition) is 0. The van der Waals surface area contributed by atoms with Gasteiger partial charge in [0.05, 0.1) is 13.2 Å². The maximum absolute atomic E-state index is 11.6. The lowest BCUT2D eigenvalue weighted by molar-refractivity contribution is 0.185. The van der Waals surface area contributed by atoms with E-state index in [4.69, 9.17) is 15.4 Å². The van der Waals surface area contributed by atoms with Gasteiger partial charge in [-0.1, -0.05) is 31.9 Å². The molecule has 2 rings (SSSR count). The van der Waals surface area contributed by atoms with Gasteiger partial charge in [0.2, 0.25) is 0 Å². The van der Waals surface area contributed by atoms with E-state index in [1.165, 1.54) is 11.7 Å². The number of methoxy groups -OCH3 is 1. The molecule has 1 aromatic heterocycles. The molecule has 0 aliphatic rings. The van der Waals surface area contributed by atoms with E-state index in [2.05, 4.69) is 42.1 Å². The van der Waals surface area contributed by atoms with E-state index in [1.807, 2.05) is 18.2 Å². The molecule has 0 N–H and O–H groups in total. The van der Waals surface area contributed by atoms with Crippen molar-refractivity contribution in [3.8, 4) is 11.4 Å². The van der Waals surface area contributed by atoms with Gasteiger partial charge in [0, 0.05) is 32.3 Å². The monoisotopic (exact) mass is 457 g/mol. The summed E-state index contributed by atoms with van der Waals surface area (Å²) in [6, 6.07) is 5.48. The number of aromatic nitrogens is 3. The van der Waals surface area contributed by atoms with Gasteiger partial charge in [0.15, 0.2) is 5.82 Å². The van der Waals surface area contributed by atoms with Crippen molar-refractivity contribution < 1.29 is 13.2 Å². The number of halogens is 3. The summed E-state index contributed by atoms with van der Waals surface area (Å²) < 4.78 is 31.2. The van der Waals surface area contributed by atoms with Crippen molar-refractivity contribution in [2.45, 2.75) is 11.7 Å². The van der Waals surface area contributed by atoms with E-state index in [9.17, 15) is 8.42 Å². The first-order valence-electron chi connectivity index (χ1n) is 5.67. The average molecular weight is 460 g/mol. The Morgan fingerprint density at radius 2 is 2.05 bits per heavy atom. The molecule has 0 aliphatic heterocycles. The van der Waals surface area contributed by atoms with Crippen LogP contribution < -0.4 is 0 Å². The Bertz CT molecular complexity index is 764. The van der Waals surface area contributed by atoms with E-state index >= 15 is 0 Å². The van der Waals surface area contributed by atoms with E-state index in [0.29, 0.717) is 18.0 Å². The fraction of sp³-hybridized carbons (Fsp3) is 0.273. The van der Waals surface area contributed by atoms with Crippen molar-refractivity contribution in [2.24, 2.45) is 0 Å². The molecule has 0 aliphatic carbocycles. The van der Waals surface area contributed by atoms with Crippen LogP contribution in [0.5, 0.6) is 0 Å². The standard InChI is InChI=1S/C11H10Br2ClN3O3S/c1-20-5-4-17-10(15-16-11(17)21(14,18)19)8-6-7(12)2-3-9(8)13/h2-3,6H,4-5H2,1H3. The SMILES string of the molecule is COCCn1c(-c2cc(Br)ccc2Br)nnc1S(=O)(=O)Cl. The average Bonchev–Trinajstić information content (AvgIpc) is 2.82. The predicted molar refractivity (Wildman–Crippen MR) is 85.8 cm³/mol. The molecule has 114 valence electrons. The lowest BCUT2D eigenvalue weighted by Crippen LogP contribution is -2.11. The first-order valence-corrected chi connectivity index (χ1v) is 9.56. The second-order valence-electron chi connectivity index (χ2n) is 4.01. The van der Waals surface area contributed by atoms with Crippen LogP contribution in [0.4, 0.5) is 0 Å². The lowest BCUT2D eigenvalue weighted by atomic mass is 10.2. The fourth-order valence-corrected chi connectivity index (χ4v) is 3.43. The second kappa shape index (κ2) is 6.74. The molecule has 0 fully saturated rings. The largest absolute Gasteiger partial charge is 0.383 e. The number of nitrogens with zero attached hydrogens (tertiary/aromatic N) is 3. The van der Waals surface area contributed by atoms with Crippen LogP contribution in [0.15, 0.2) is 32.3 Å². The van der Waals surface area contributed by atoms with Gasteiger partial charge in [0.1, 0.15) is 0 Å². The molecule has 1 aromatic carbocycles. The minimum Gasteiger partial charge on any atom is -0.383 e. The highest BCUT2D eigenvalue weighted by Crippen LogP contribution is 2.31. The van der Waals surface area contributed by atoms with Crippen LogP contribution >= 0.6 is 42.5 Å². The first-order chi connectivity index (χ1) is 9.84. The molecule has 2 aromatic rings. The molecule has 6 nitrogen and oxygen atoms in total. The number of rotatable bonds is 5. The third-order valence-corrected chi connectivity index (χ3v) is 4.96. The van der Waals surface area contributed by atoms with Gasteiger partial charge < -0.3 is 4.74 Å². The van der Waals surface area contributed by atoms with Crippen LogP contribution in [0, 0.1) is 0 Å². The molecular weight excluding hydrogens is 449 g/mol. The molecule has 0 radical (unpaired) electrons. The number of ether oxygens (including phenoxy) is 1. The minimum absolute atomic E-state index is 0.263. The summed E-state index contributed by atoms with van der Waals surface area (Å²) in [7, 11) is 2.93. The van der Waals surface area contributed by atoms with Crippen molar-refractivity contribution in [3.05, 3.63) is 27.1 Å². The molecule has 0 spiro atoms. The minimum atomic E-state index is -4.00. The fourth-order valence-electron chi connectivity index (χ4n) is 1.72. The van der Waals surface area contributed by atoms with Gasteiger partial charge in [-0.3, -0.25) is 4.57 Å². The van der Waals surface area contributed by atoms with Crippen LogP contribution in [-0.2, 0) is 20.3 Å². The van der Waals surface area contributed by atoms with Gasteiger partial charge in [-0.15, -0.1) is 10.2 Å². The summed E-state index contributed by atoms with van der Waals surface area (Å²) in [6.07, 6.45) is 0. The maximum Gasteiger partial charge on any atom is 0.296 e. The lowest BCUT2D eigenvalue weighted by Gasteiger charge is -2.09. The van der Waals surface area contributed by atoms with Crippen LogP contribution in [-0.4, -0.2) is 36.9 Å². The summed E-state index contributed by atoms with van der Waals surface area (Å²) in [4.78, 5) is 0. The van der Waals surface area contributed by atoms with Gasteiger partial charge in [-0.2, -0.15) is 0 Å². The van der Waals surface area contributed by atoms with E-state index in [-0.39, 0.29) is 11.7 Å². The Morgan fingerprint density at radius 3 is 2.67 bits per heavy atom. The Labute approximate surface area is 143 Å². The summed E-state index contributed by atoms with van der Waals surface area (Å²) >= 11 is 6.78. The van der Waals surface area contributed by atoms with E-state index < -0.39 is 9.05 Å². The quantitative estimate of drug-likeness (QED) is 0.643. The van der Waals surface area contributed by atoms with E-state index in [1.54, 1.807) is 0 Å². The molecule has 0 bridgehead atoms. The van der Waals surface area contributed by atoms with Crippen molar-refractivity contribution in [2.75, 3.05) is 13.7 Å². The van der Waals surface area contributed by atoms with Gasteiger partial charge in [-0.05, 0) is 18.2 Å². The van der Waals surface area contributed by atoms with Crippen molar-refractivity contribution in [1.29, 1.82) is 0 Å². The van der Waals surface area contributed by atoms with Crippen LogP contribution in [0.1, 0.15) is 0 Å². The number of benzene rings is 1. The van der Waals surface area contributed by atoms with Crippen LogP contribution in [0.2, 0.25) is 0 Å².